The number of benzene rings is 1. The van der Waals surface area contributed by atoms with Crippen molar-refractivity contribution in [3.05, 3.63) is 66.8 Å². The fourth-order valence-corrected chi connectivity index (χ4v) is 0.991. The lowest BCUT2D eigenvalue weighted by atomic mass is 10.1. The maximum atomic E-state index is 3.97. The van der Waals surface area contributed by atoms with Crippen LogP contribution in [0.1, 0.15) is 26.3 Å². The smallest absolute Gasteiger partial charge is 0.0190 e. The van der Waals surface area contributed by atoms with E-state index in [1.165, 1.54) is 0 Å². The normalized spacial score (nSPS) is 9.27. The largest absolute Gasteiger partial charge is 0.0961 e. The minimum atomic E-state index is 1.02. The highest BCUT2D eigenvalue weighted by Gasteiger charge is 1.91. The summed E-state index contributed by atoms with van der Waals surface area (Å²) in [4.78, 5) is 0. The second-order valence-corrected chi connectivity index (χ2v) is 3.07. The summed E-state index contributed by atoms with van der Waals surface area (Å²) in [7, 11) is 0. The first-order valence-electron chi connectivity index (χ1n) is 5.28. The SMILES string of the molecule is C=C(C)/C=C\C(=C)c1ccccc1.CC. The lowest BCUT2D eigenvalue weighted by Crippen LogP contribution is -1.76. The molecular weight excluding hydrogens is 180 g/mol. The average molecular weight is 200 g/mol. The maximum Gasteiger partial charge on any atom is -0.0190 e. The van der Waals surface area contributed by atoms with Crippen molar-refractivity contribution < 1.29 is 0 Å². The second kappa shape index (κ2) is 7.81. The Morgan fingerprint density at radius 1 is 1.00 bits per heavy atom. The minimum Gasteiger partial charge on any atom is -0.0961 e. The van der Waals surface area contributed by atoms with Crippen LogP contribution in [0, 0.1) is 0 Å². The van der Waals surface area contributed by atoms with Gasteiger partial charge in [-0.2, -0.15) is 0 Å². The van der Waals surface area contributed by atoms with Gasteiger partial charge in [0.15, 0.2) is 0 Å². The molecule has 80 valence electrons. The standard InChI is InChI=1S/C13H14.C2H6/c1-11(2)9-10-12(3)13-7-5-4-6-8-13;1-2/h4-10H,1,3H2,2H3;1-2H3/b10-9-;. The molecule has 0 unspecified atom stereocenters. The Bertz CT molecular complexity index is 328. The predicted octanol–water partition coefficient (Wildman–Crippen LogP) is 4.86. The van der Waals surface area contributed by atoms with E-state index in [0.29, 0.717) is 0 Å². The summed E-state index contributed by atoms with van der Waals surface area (Å²) in [5.74, 6) is 0. The fourth-order valence-electron chi connectivity index (χ4n) is 0.991. The zero-order valence-electron chi connectivity index (χ0n) is 9.96. The van der Waals surface area contributed by atoms with Gasteiger partial charge in [-0.25, -0.2) is 0 Å². The number of allylic oxidation sites excluding steroid dienone is 4. The Labute approximate surface area is 93.7 Å². The van der Waals surface area contributed by atoms with E-state index in [4.69, 9.17) is 0 Å². The molecule has 0 atom stereocenters. The summed E-state index contributed by atoms with van der Waals surface area (Å²) in [6, 6.07) is 10.1. The molecule has 0 spiro atoms. The van der Waals surface area contributed by atoms with Gasteiger partial charge in [-0.05, 0) is 18.1 Å². The summed E-state index contributed by atoms with van der Waals surface area (Å²) < 4.78 is 0. The van der Waals surface area contributed by atoms with Gasteiger partial charge in [0.05, 0.1) is 0 Å². The van der Waals surface area contributed by atoms with Gasteiger partial charge < -0.3 is 0 Å². The van der Waals surface area contributed by atoms with Crippen LogP contribution in [0.5, 0.6) is 0 Å². The lowest BCUT2D eigenvalue weighted by molar-refractivity contribution is 1.50. The predicted molar refractivity (Wildman–Crippen MR) is 70.8 cm³/mol. The Balaban J connectivity index is 0.000000921. The van der Waals surface area contributed by atoms with Crippen LogP contribution < -0.4 is 0 Å². The summed E-state index contributed by atoms with van der Waals surface area (Å²) >= 11 is 0. The number of hydrogen-bond donors (Lipinski definition) is 0. The van der Waals surface area contributed by atoms with E-state index < -0.39 is 0 Å². The topological polar surface area (TPSA) is 0 Å². The maximum absolute atomic E-state index is 3.97. The first kappa shape index (κ1) is 13.4. The van der Waals surface area contributed by atoms with Crippen molar-refractivity contribution >= 4 is 5.57 Å². The van der Waals surface area contributed by atoms with Gasteiger partial charge in [0.25, 0.3) is 0 Å². The molecule has 0 heteroatoms. The van der Waals surface area contributed by atoms with Crippen LogP contribution in [0.25, 0.3) is 5.57 Å². The van der Waals surface area contributed by atoms with Crippen LogP contribution in [0.4, 0.5) is 0 Å². The zero-order chi connectivity index (χ0) is 11.7. The Hall–Kier alpha value is -1.56. The van der Waals surface area contributed by atoms with Crippen LogP contribution in [0.3, 0.4) is 0 Å². The molecule has 0 nitrogen and oxygen atoms in total. The molecule has 1 rings (SSSR count). The Morgan fingerprint density at radius 3 is 2.00 bits per heavy atom. The highest BCUT2D eigenvalue weighted by molar-refractivity contribution is 5.72. The van der Waals surface area contributed by atoms with Crippen LogP contribution in [-0.4, -0.2) is 0 Å². The van der Waals surface area contributed by atoms with Gasteiger partial charge in [0.2, 0.25) is 0 Å². The molecule has 0 saturated heterocycles. The first-order chi connectivity index (χ1) is 7.20. The van der Waals surface area contributed by atoms with E-state index in [-0.39, 0.29) is 0 Å². The molecule has 1 aromatic rings. The van der Waals surface area contributed by atoms with Crippen molar-refractivity contribution in [1.82, 2.24) is 0 Å². The molecule has 0 amide bonds. The van der Waals surface area contributed by atoms with Gasteiger partial charge in [-0.3, -0.25) is 0 Å². The van der Waals surface area contributed by atoms with Gasteiger partial charge in [-0.15, -0.1) is 0 Å². The first-order valence-corrected chi connectivity index (χ1v) is 5.28. The zero-order valence-corrected chi connectivity index (χ0v) is 9.96. The Kier molecular flexibility index (Phi) is 7.00. The van der Waals surface area contributed by atoms with E-state index in [0.717, 1.165) is 16.7 Å². The number of hydrogen-bond acceptors (Lipinski definition) is 0. The molecule has 0 aliphatic heterocycles. The monoisotopic (exact) mass is 200 g/mol. The molecule has 0 bridgehead atoms. The fraction of sp³-hybridized carbons (Fsp3) is 0.200. The summed E-state index contributed by atoms with van der Waals surface area (Å²) in [5, 5.41) is 0. The lowest BCUT2D eigenvalue weighted by Gasteiger charge is -1.98. The molecule has 0 N–H and O–H groups in total. The quantitative estimate of drug-likeness (QED) is 0.611. The summed E-state index contributed by atoms with van der Waals surface area (Å²) in [5.41, 5.74) is 3.21. The molecule has 15 heavy (non-hydrogen) atoms. The van der Waals surface area contributed by atoms with Crippen LogP contribution in [0.15, 0.2) is 61.2 Å². The molecule has 0 heterocycles. The molecule has 0 saturated carbocycles. The third-order valence-electron chi connectivity index (χ3n) is 1.71. The molecule has 0 aliphatic rings. The van der Waals surface area contributed by atoms with E-state index in [1.54, 1.807) is 0 Å². The van der Waals surface area contributed by atoms with E-state index in [9.17, 15) is 0 Å². The van der Waals surface area contributed by atoms with Crippen molar-refractivity contribution in [2.24, 2.45) is 0 Å². The van der Waals surface area contributed by atoms with E-state index in [1.807, 2.05) is 63.3 Å². The summed E-state index contributed by atoms with van der Waals surface area (Å²) in [6.45, 7) is 13.7. The Morgan fingerprint density at radius 2 is 1.53 bits per heavy atom. The van der Waals surface area contributed by atoms with Gasteiger partial charge in [0, 0.05) is 0 Å². The average Bonchev–Trinajstić information content (AvgIpc) is 2.30. The molecule has 0 aliphatic carbocycles. The molecule has 1 aromatic carbocycles. The van der Waals surface area contributed by atoms with Crippen molar-refractivity contribution in [2.45, 2.75) is 20.8 Å². The van der Waals surface area contributed by atoms with Crippen LogP contribution in [0.2, 0.25) is 0 Å². The van der Waals surface area contributed by atoms with Crippen molar-refractivity contribution in [3.63, 3.8) is 0 Å². The van der Waals surface area contributed by atoms with Crippen LogP contribution in [-0.2, 0) is 0 Å². The van der Waals surface area contributed by atoms with Crippen molar-refractivity contribution in [3.8, 4) is 0 Å². The molecule has 0 radical (unpaired) electrons. The van der Waals surface area contributed by atoms with E-state index in [2.05, 4.69) is 13.2 Å². The highest BCUT2D eigenvalue weighted by atomic mass is 14.0. The highest BCUT2D eigenvalue weighted by Crippen LogP contribution is 2.13. The van der Waals surface area contributed by atoms with Gasteiger partial charge in [0.1, 0.15) is 0 Å². The number of rotatable bonds is 3. The van der Waals surface area contributed by atoms with Crippen molar-refractivity contribution in [1.29, 1.82) is 0 Å². The molecule has 0 aromatic heterocycles. The third kappa shape index (κ3) is 5.69. The van der Waals surface area contributed by atoms with Gasteiger partial charge in [-0.1, -0.05) is 75.1 Å². The second-order valence-electron chi connectivity index (χ2n) is 3.07. The van der Waals surface area contributed by atoms with E-state index >= 15 is 0 Å². The minimum absolute atomic E-state index is 1.02. The summed E-state index contributed by atoms with van der Waals surface area (Å²) in [6.07, 6.45) is 3.95. The molecule has 0 fully saturated rings. The van der Waals surface area contributed by atoms with Gasteiger partial charge >= 0.3 is 0 Å². The molecular formula is C15H20. The third-order valence-corrected chi connectivity index (χ3v) is 1.71. The van der Waals surface area contributed by atoms with Crippen LogP contribution >= 0.6 is 0 Å². The van der Waals surface area contributed by atoms with Crippen molar-refractivity contribution in [2.75, 3.05) is 0 Å².